The fraction of sp³-hybridized carbons (Fsp3) is 0.571. The predicted octanol–water partition coefficient (Wildman–Crippen LogP) is 2.79. The lowest BCUT2D eigenvalue weighted by atomic mass is 10.0. The van der Waals surface area contributed by atoms with E-state index >= 15 is 0 Å². The van der Waals surface area contributed by atoms with Crippen molar-refractivity contribution in [3.63, 3.8) is 0 Å². The van der Waals surface area contributed by atoms with Crippen LogP contribution in [0.3, 0.4) is 0 Å². The third kappa shape index (κ3) is 2.44. The van der Waals surface area contributed by atoms with Gasteiger partial charge < -0.3 is 11.1 Å². The van der Waals surface area contributed by atoms with E-state index in [0.29, 0.717) is 12.0 Å². The molecule has 0 aliphatic heterocycles. The van der Waals surface area contributed by atoms with Gasteiger partial charge in [-0.1, -0.05) is 13.3 Å². The third-order valence-corrected chi connectivity index (χ3v) is 5.20. The number of nitrogens with two attached hydrogens (primary N) is 1. The number of hydrogen-bond donors (Lipinski definition) is 2. The Morgan fingerprint density at radius 2 is 2.32 bits per heavy atom. The Morgan fingerprint density at radius 1 is 1.42 bits per heavy atom. The fourth-order valence-electron chi connectivity index (χ4n) is 2.88. The molecule has 0 aromatic carbocycles. The smallest absolute Gasteiger partial charge is 0.138 e. The molecule has 2 unspecified atom stereocenters. The molecule has 2 heterocycles. The van der Waals surface area contributed by atoms with Crippen LogP contribution in [0.1, 0.15) is 31.1 Å². The van der Waals surface area contributed by atoms with Crippen molar-refractivity contribution in [3.8, 4) is 0 Å². The van der Waals surface area contributed by atoms with Gasteiger partial charge in [0.1, 0.15) is 17.0 Å². The Balaban J connectivity index is 1.89. The molecule has 2 aromatic heterocycles. The van der Waals surface area contributed by atoms with Crippen LogP contribution in [0.4, 0.5) is 5.82 Å². The summed E-state index contributed by atoms with van der Waals surface area (Å²) in [5, 5.41) is 4.76. The summed E-state index contributed by atoms with van der Waals surface area (Å²) in [4.78, 5) is 11.2. The van der Waals surface area contributed by atoms with Gasteiger partial charge in [0.15, 0.2) is 0 Å². The fourth-order valence-corrected chi connectivity index (χ4v) is 3.81. The Bertz CT molecular complexity index is 566. The van der Waals surface area contributed by atoms with Gasteiger partial charge in [-0.2, -0.15) is 0 Å². The lowest BCUT2D eigenvalue weighted by Crippen LogP contribution is -2.29. The Labute approximate surface area is 117 Å². The maximum atomic E-state index is 5.85. The number of thiophene rings is 1. The molecule has 2 aromatic rings. The lowest BCUT2D eigenvalue weighted by molar-refractivity contribution is 0.516. The van der Waals surface area contributed by atoms with Crippen molar-refractivity contribution >= 4 is 27.4 Å². The number of hydrogen-bond acceptors (Lipinski definition) is 5. The summed E-state index contributed by atoms with van der Waals surface area (Å²) in [5.74, 6) is 1.56. The Kier molecular flexibility index (Phi) is 3.66. The van der Waals surface area contributed by atoms with Crippen LogP contribution in [0.2, 0.25) is 0 Å². The topological polar surface area (TPSA) is 63.8 Å². The zero-order chi connectivity index (χ0) is 13.2. The summed E-state index contributed by atoms with van der Waals surface area (Å²) in [6.07, 6.45) is 6.39. The zero-order valence-electron chi connectivity index (χ0n) is 11.2. The number of rotatable bonds is 4. The van der Waals surface area contributed by atoms with Crippen LogP contribution in [0.5, 0.6) is 0 Å². The largest absolute Gasteiger partial charge is 0.366 e. The van der Waals surface area contributed by atoms with E-state index in [1.165, 1.54) is 24.1 Å². The second-order valence-corrected chi connectivity index (χ2v) is 6.30. The monoisotopic (exact) mass is 276 g/mol. The first-order chi connectivity index (χ1) is 9.31. The molecule has 1 aliphatic carbocycles. The van der Waals surface area contributed by atoms with Gasteiger partial charge in [-0.05, 0) is 37.8 Å². The van der Waals surface area contributed by atoms with Gasteiger partial charge in [-0.3, -0.25) is 0 Å². The number of aryl methyl sites for hydroxylation is 1. The van der Waals surface area contributed by atoms with Gasteiger partial charge in [0.2, 0.25) is 0 Å². The number of anilines is 1. The van der Waals surface area contributed by atoms with Crippen molar-refractivity contribution in [2.75, 3.05) is 11.9 Å². The molecule has 5 heteroatoms. The molecule has 2 atom stereocenters. The predicted molar refractivity (Wildman–Crippen MR) is 80.6 cm³/mol. The van der Waals surface area contributed by atoms with E-state index in [4.69, 9.17) is 5.73 Å². The molecule has 1 fully saturated rings. The average molecular weight is 276 g/mol. The van der Waals surface area contributed by atoms with Gasteiger partial charge >= 0.3 is 0 Å². The molecule has 0 radical (unpaired) electrons. The Hall–Kier alpha value is -1.20. The van der Waals surface area contributed by atoms with E-state index in [1.54, 1.807) is 17.7 Å². The highest BCUT2D eigenvalue weighted by molar-refractivity contribution is 7.18. The summed E-state index contributed by atoms with van der Waals surface area (Å²) in [6.45, 7) is 2.93. The molecular weight excluding hydrogens is 256 g/mol. The van der Waals surface area contributed by atoms with Gasteiger partial charge in [-0.25, -0.2) is 9.97 Å². The molecule has 0 saturated heterocycles. The van der Waals surface area contributed by atoms with Gasteiger partial charge in [0.05, 0.1) is 5.39 Å². The van der Waals surface area contributed by atoms with E-state index in [-0.39, 0.29) is 0 Å². The zero-order valence-corrected chi connectivity index (χ0v) is 12.0. The number of fused-ring (bicyclic) bond motifs is 1. The summed E-state index contributed by atoms with van der Waals surface area (Å²) >= 11 is 1.76. The summed E-state index contributed by atoms with van der Waals surface area (Å²) < 4.78 is 0. The maximum Gasteiger partial charge on any atom is 0.138 e. The third-order valence-electron chi connectivity index (χ3n) is 4.01. The van der Waals surface area contributed by atoms with Crippen molar-refractivity contribution in [1.29, 1.82) is 0 Å². The second kappa shape index (κ2) is 5.43. The number of nitrogens with zero attached hydrogens (tertiary/aromatic N) is 2. The van der Waals surface area contributed by atoms with Crippen LogP contribution in [0.15, 0.2) is 12.4 Å². The minimum absolute atomic E-state index is 0.466. The van der Waals surface area contributed by atoms with Crippen LogP contribution < -0.4 is 11.1 Å². The molecule has 1 aliphatic rings. The van der Waals surface area contributed by atoms with Crippen molar-refractivity contribution in [2.45, 2.75) is 38.6 Å². The van der Waals surface area contributed by atoms with Crippen molar-refractivity contribution in [1.82, 2.24) is 9.97 Å². The van der Waals surface area contributed by atoms with Crippen LogP contribution in [0.25, 0.3) is 10.2 Å². The van der Waals surface area contributed by atoms with E-state index in [1.807, 2.05) is 0 Å². The molecular formula is C14H20N4S. The van der Waals surface area contributed by atoms with Gasteiger partial charge in [0, 0.05) is 10.9 Å². The molecule has 3 rings (SSSR count). The molecule has 0 amide bonds. The van der Waals surface area contributed by atoms with Gasteiger partial charge in [0.25, 0.3) is 0 Å². The molecule has 0 spiro atoms. The van der Waals surface area contributed by atoms with Crippen LogP contribution >= 0.6 is 11.3 Å². The molecule has 1 saturated carbocycles. The van der Waals surface area contributed by atoms with E-state index in [9.17, 15) is 0 Å². The highest BCUT2D eigenvalue weighted by atomic mass is 32.1. The van der Waals surface area contributed by atoms with Crippen molar-refractivity contribution in [3.05, 3.63) is 17.3 Å². The first kappa shape index (κ1) is 12.8. The van der Waals surface area contributed by atoms with E-state index < -0.39 is 0 Å². The minimum Gasteiger partial charge on any atom is -0.366 e. The molecule has 19 heavy (non-hydrogen) atoms. The van der Waals surface area contributed by atoms with Crippen molar-refractivity contribution in [2.24, 2.45) is 11.7 Å². The Morgan fingerprint density at radius 3 is 3.11 bits per heavy atom. The quantitative estimate of drug-likeness (QED) is 0.901. The molecule has 4 nitrogen and oxygen atoms in total. The van der Waals surface area contributed by atoms with Crippen LogP contribution in [-0.2, 0) is 6.42 Å². The highest BCUT2D eigenvalue weighted by Crippen LogP contribution is 2.32. The normalized spacial score (nSPS) is 23.1. The lowest BCUT2D eigenvalue weighted by Gasteiger charge is -2.20. The summed E-state index contributed by atoms with van der Waals surface area (Å²) in [7, 11) is 0. The molecule has 102 valence electrons. The second-order valence-electron chi connectivity index (χ2n) is 5.18. The SMILES string of the molecule is CCc1cc2c(NC3CCCC3CN)ncnc2s1. The van der Waals surface area contributed by atoms with Gasteiger partial charge in [-0.15, -0.1) is 11.3 Å². The van der Waals surface area contributed by atoms with Crippen LogP contribution in [-0.4, -0.2) is 22.6 Å². The molecule has 0 bridgehead atoms. The minimum atomic E-state index is 0.466. The highest BCUT2D eigenvalue weighted by Gasteiger charge is 2.26. The summed E-state index contributed by atoms with van der Waals surface area (Å²) in [6, 6.07) is 2.68. The number of nitrogens with one attached hydrogen (secondary N) is 1. The van der Waals surface area contributed by atoms with E-state index in [0.717, 1.165) is 29.0 Å². The first-order valence-electron chi connectivity index (χ1n) is 7.01. The average Bonchev–Trinajstić information content (AvgIpc) is 3.04. The number of aromatic nitrogens is 2. The van der Waals surface area contributed by atoms with E-state index in [2.05, 4.69) is 28.3 Å². The standard InChI is InChI=1S/C14H20N4S/c1-2-10-6-11-13(16-8-17-14(11)19-10)18-12-5-3-4-9(12)7-15/h6,8-9,12H,2-5,7,15H2,1H3,(H,16,17,18). The first-order valence-corrected chi connectivity index (χ1v) is 7.83. The van der Waals surface area contributed by atoms with Crippen molar-refractivity contribution < 1.29 is 0 Å². The molecule has 3 N–H and O–H groups in total. The summed E-state index contributed by atoms with van der Waals surface area (Å²) in [5.41, 5.74) is 5.85. The maximum absolute atomic E-state index is 5.85. The van der Waals surface area contributed by atoms with Crippen LogP contribution in [0, 0.1) is 5.92 Å².